The standard InChI is InChI=1S/C67H39N5O/c1-2-19-46(20-3-1)71-58-27-11-10-23-50(58)51-33-30-45(38-59(51)71)65-68-66(53-24-12-18-40-14-6-8-21-48(40)53)70-67(69-65)55-26-13-25-54-62-56-39-47(32-28-42(56)31-35-61(62)73-64(54)55)72-60-37-44-17-5-4-16-43(44)36-57(60)52-34-29-41-15-7-9-22-49(41)63(52)72/h1-39H. The first-order chi connectivity index (χ1) is 36.2. The largest absolute Gasteiger partial charge is 0.455 e. The molecule has 0 spiro atoms. The number of hydrogen-bond acceptors (Lipinski definition) is 4. The molecule has 0 atom stereocenters. The molecule has 0 saturated carbocycles. The fourth-order valence-corrected chi connectivity index (χ4v) is 11.8. The summed E-state index contributed by atoms with van der Waals surface area (Å²) in [6, 6.07) is 84.5. The Labute approximate surface area is 417 Å². The fraction of sp³-hybridized carbons (Fsp3) is 0. The molecule has 0 bridgehead atoms. The molecule has 4 heterocycles. The summed E-state index contributed by atoms with van der Waals surface area (Å²) in [5.41, 5.74) is 10.9. The Morgan fingerprint density at radius 2 is 0.890 bits per heavy atom. The molecule has 73 heavy (non-hydrogen) atoms. The molecule has 6 heteroatoms. The molecule has 16 rings (SSSR count). The molecule has 0 aliphatic rings. The summed E-state index contributed by atoms with van der Waals surface area (Å²) in [4.78, 5) is 16.1. The van der Waals surface area contributed by atoms with Crippen LogP contribution in [0, 0.1) is 0 Å². The number of hydrogen-bond donors (Lipinski definition) is 0. The van der Waals surface area contributed by atoms with Crippen LogP contribution in [0.25, 0.3) is 154 Å². The summed E-state index contributed by atoms with van der Waals surface area (Å²) < 4.78 is 11.8. The number of benzene rings is 12. The first kappa shape index (κ1) is 39.9. The second kappa shape index (κ2) is 15.3. The Morgan fingerprint density at radius 1 is 0.301 bits per heavy atom. The van der Waals surface area contributed by atoms with E-state index < -0.39 is 0 Å². The Hall–Kier alpha value is -9.91. The zero-order chi connectivity index (χ0) is 47.7. The fourth-order valence-electron chi connectivity index (χ4n) is 11.8. The van der Waals surface area contributed by atoms with E-state index in [4.69, 9.17) is 19.4 Å². The van der Waals surface area contributed by atoms with Gasteiger partial charge in [-0.25, -0.2) is 15.0 Å². The van der Waals surface area contributed by atoms with Crippen LogP contribution in [0.2, 0.25) is 0 Å². The van der Waals surface area contributed by atoms with Crippen LogP contribution in [-0.2, 0) is 0 Å². The van der Waals surface area contributed by atoms with Gasteiger partial charge in [-0.1, -0.05) is 176 Å². The molecule has 0 unspecified atom stereocenters. The highest BCUT2D eigenvalue weighted by atomic mass is 16.3. The Balaban J connectivity index is 0.929. The van der Waals surface area contributed by atoms with E-state index in [0.717, 1.165) is 88.0 Å². The van der Waals surface area contributed by atoms with Crippen molar-refractivity contribution >= 4 is 109 Å². The van der Waals surface area contributed by atoms with Crippen LogP contribution in [-0.4, -0.2) is 24.1 Å². The number of fused-ring (bicyclic) bond motifs is 15. The molecule has 0 N–H and O–H groups in total. The maximum atomic E-state index is 7.03. The molecule has 0 aliphatic carbocycles. The van der Waals surface area contributed by atoms with Gasteiger partial charge in [0.05, 0.1) is 27.6 Å². The normalized spacial score (nSPS) is 12.1. The summed E-state index contributed by atoms with van der Waals surface area (Å²) in [6.07, 6.45) is 0. The SMILES string of the molecule is c1ccc(-n2c3ccccc3c3ccc(-c4nc(-c5cccc6ccccc56)nc(-c5cccc6c5oc5ccc7ccc(-n8c9cc%10ccccc%10cc9c9ccc%10ccccc%10c98)cc7c56)n4)cc32)cc1. The van der Waals surface area contributed by atoms with Crippen LogP contribution >= 0.6 is 0 Å². The maximum Gasteiger partial charge on any atom is 0.167 e. The topological polar surface area (TPSA) is 61.7 Å². The summed E-state index contributed by atoms with van der Waals surface area (Å²) in [7, 11) is 0. The van der Waals surface area contributed by atoms with E-state index in [1.54, 1.807) is 0 Å². The van der Waals surface area contributed by atoms with E-state index in [1.807, 2.05) is 0 Å². The molecular weight excluding hydrogens is 891 g/mol. The lowest BCUT2D eigenvalue weighted by atomic mass is 10.0. The van der Waals surface area contributed by atoms with Crippen molar-refractivity contribution < 1.29 is 4.42 Å². The van der Waals surface area contributed by atoms with E-state index in [-0.39, 0.29) is 0 Å². The van der Waals surface area contributed by atoms with Gasteiger partial charge in [-0.3, -0.25) is 0 Å². The zero-order valence-electron chi connectivity index (χ0n) is 39.2. The lowest BCUT2D eigenvalue weighted by Crippen LogP contribution is -2.01. The van der Waals surface area contributed by atoms with Gasteiger partial charge in [0.15, 0.2) is 17.5 Å². The van der Waals surface area contributed by atoms with Crippen molar-refractivity contribution in [1.29, 1.82) is 0 Å². The van der Waals surface area contributed by atoms with E-state index in [2.05, 4.69) is 246 Å². The maximum absolute atomic E-state index is 7.03. The molecule has 4 aromatic heterocycles. The van der Waals surface area contributed by atoms with Gasteiger partial charge in [-0.15, -0.1) is 0 Å². The van der Waals surface area contributed by atoms with Crippen molar-refractivity contribution in [1.82, 2.24) is 24.1 Å². The molecule has 338 valence electrons. The minimum atomic E-state index is 0.538. The van der Waals surface area contributed by atoms with E-state index in [0.29, 0.717) is 17.5 Å². The number of nitrogens with zero attached hydrogens (tertiary/aromatic N) is 5. The van der Waals surface area contributed by atoms with Crippen LogP contribution < -0.4 is 0 Å². The lowest BCUT2D eigenvalue weighted by Gasteiger charge is -2.12. The zero-order valence-corrected chi connectivity index (χ0v) is 39.2. The highest BCUT2D eigenvalue weighted by Gasteiger charge is 2.23. The average Bonchev–Trinajstić information content (AvgIpc) is 4.12. The van der Waals surface area contributed by atoms with E-state index in [1.165, 1.54) is 48.7 Å². The summed E-state index contributed by atoms with van der Waals surface area (Å²) in [5, 5.41) is 16.1. The quantitative estimate of drug-likeness (QED) is 0.173. The lowest BCUT2D eigenvalue weighted by molar-refractivity contribution is 0.670. The van der Waals surface area contributed by atoms with Gasteiger partial charge in [0, 0.05) is 60.2 Å². The third kappa shape index (κ3) is 5.95. The average molecular weight is 930 g/mol. The second-order valence-electron chi connectivity index (χ2n) is 19.1. The van der Waals surface area contributed by atoms with Crippen molar-refractivity contribution in [3.05, 3.63) is 237 Å². The Bertz CT molecular complexity index is 4980. The molecule has 0 amide bonds. The number of rotatable bonds is 5. The molecule has 6 nitrogen and oxygen atoms in total. The first-order valence-corrected chi connectivity index (χ1v) is 24.8. The second-order valence-corrected chi connectivity index (χ2v) is 19.1. The van der Waals surface area contributed by atoms with Gasteiger partial charge in [0.1, 0.15) is 11.2 Å². The van der Waals surface area contributed by atoms with E-state index in [9.17, 15) is 0 Å². The monoisotopic (exact) mass is 929 g/mol. The van der Waals surface area contributed by atoms with Gasteiger partial charge in [0.25, 0.3) is 0 Å². The predicted molar refractivity (Wildman–Crippen MR) is 302 cm³/mol. The molecule has 0 aliphatic heterocycles. The third-order valence-electron chi connectivity index (χ3n) is 15.1. The van der Waals surface area contributed by atoms with Crippen LogP contribution in [0.3, 0.4) is 0 Å². The highest BCUT2D eigenvalue weighted by molar-refractivity contribution is 6.23. The van der Waals surface area contributed by atoms with Crippen LogP contribution in [0.5, 0.6) is 0 Å². The molecular formula is C67H39N5O. The van der Waals surface area contributed by atoms with Gasteiger partial charge in [-0.05, 0) is 98.4 Å². The number of aromatic nitrogens is 5. The number of para-hydroxylation sites is 3. The van der Waals surface area contributed by atoms with Gasteiger partial charge >= 0.3 is 0 Å². The van der Waals surface area contributed by atoms with Crippen LogP contribution in [0.4, 0.5) is 0 Å². The minimum Gasteiger partial charge on any atom is -0.455 e. The van der Waals surface area contributed by atoms with E-state index >= 15 is 0 Å². The smallest absolute Gasteiger partial charge is 0.167 e. The van der Waals surface area contributed by atoms with Crippen molar-refractivity contribution in [2.24, 2.45) is 0 Å². The summed E-state index contributed by atoms with van der Waals surface area (Å²) in [6.45, 7) is 0. The van der Waals surface area contributed by atoms with Crippen molar-refractivity contribution in [2.45, 2.75) is 0 Å². The Kier molecular flexibility index (Phi) is 8.36. The summed E-state index contributed by atoms with van der Waals surface area (Å²) >= 11 is 0. The first-order valence-electron chi connectivity index (χ1n) is 24.8. The predicted octanol–water partition coefficient (Wildman–Crippen LogP) is 17.6. The van der Waals surface area contributed by atoms with Crippen molar-refractivity contribution in [3.63, 3.8) is 0 Å². The van der Waals surface area contributed by atoms with Crippen LogP contribution in [0.1, 0.15) is 0 Å². The van der Waals surface area contributed by atoms with Crippen LogP contribution in [0.15, 0.2) is 241 Å². The molecule has 0 radical (unpaired) electrons. The van der Waals surface area contributed by atoms with Gasteiger partial charge in [0.2, 0.25) is 0 Å². The third-order valence-corrected chi connectivity index (χ3v) is 15.1. The number of furan rings is 1. The van der Waals surface area contributed by atoms with Crippen molar-refractivity contribution in [2.75, 3.05) is 0 Å². The molecule has 0 saturated heterocycles. The van der Waals surface area contributed by atoms with Gasteiger partial charge < -0.3 is 13.6 Å². The molecule has 16 aromatic rings. The minimum absolute atomic E-state index is 0.538. The summed E-state index contributed by atoms with van der Waals surface area (Å²) in [5.74, 6) is 1.71. The molecule has 12 aromatic carbocycles. The van der Waals surface area contributed by atoms with Gasteiger partial charge in [-0.2, -0.15) is 0 Å². The highest BCUT2D eigenvalue weighted by Crippen LogP contribution is 2.43. The van der Waals surface area contributed by atoms with Crippen molar-refractivity contribution in [3.8, 4) is 45.5 Å². The molecule has 0 fully saturated rings. The Morgan fingerprint density at radius 3 is 1.75 bits per heavy atom.